The lowest BCUT2D eigenvalue weighted by Gasteiger charge is -2.34. The summed E-state index contributed by atoms with van der Waals surface area (Å²) >= 11 is 0. The molecule has 9 nitrogen and oxygen atoms in total. The van der Waals surface area contributed by atoms with Gasteiger partial charge in [-0.05, 0) is 51.5 Å². The van der Waals surface area contributed by atoms with Crippen molar-refractivity contribution in [3.8, 4) is 28.2 Å². The number of rotatable bonds is 4. The molecule has 1 atom stereocenters. The van der Waals surface area contributed by atoms with Crippen LogP contribution in [-0.4, -0.2) is 60.1 Å². The van der Waals surface area contributed by atoms with Crippen molar-refractivity contribution >= 4 is 11.5 Å². The molecule has 1 N–H and O–H groups in total. The molecule has 178 valence electrons. The maximum Gasteiger partial charge on any atom is 0.167 e. The highest BCUT2D eigenvalue weighted by molar-refractivity contribution is 5.80. The SMILES string of the molecule is Cc1cncc(-n2nc(C)c(-c3cc(N4CCOC[C@H]4C)nc4c(-c5ccc[nH]5)cnn34)c2C)c1. The van der Waals surface area contributed by atoms with Crippen molar-refractivity contribution in [2.24, 2.45) is 0 Å². The zero-order valence-electron chi connectivity index (χ0n) is 20.4. The zero-order valence-corrected chi connectivity index (χ0v) is 20.4. The molecule has 5 aromatic rings. The number of H-pyrrole nitrogens is 1. The normalized spacial score (nSPS) is 16.3. The quantitative estimate of drug-likeness (QED) is 0.427. The van der Waals surface area contributed by atoms with Gasteiger partial charge in [0.2, 0.25) is 0 Å². The van der Waals surface area contributed by atoms with Crippen molar-refractivity contribution in [1.29, 1.82) is 0 Å². The zero-order chi connectivity index (χ0) is 24.1. The van der Waals surface area contributed by atoms with Gasteiger partial charge in [0.1, 0.15) is 5.82 Å². The number of nitrogens with one attached hydrogen (secondary N) is 1. The molecule has 35 heavy (non-hydrogen) atoms. The van der Waals surface area contributed by atoms with Gasteiger partial charge in [-0.1, -0.05) is 0 Å². The number of nitrogens with zero attached hydrogens (tertiary/aromatic N) is 7. The molecule has 0 spiro atoms. The molecule has 0 aliphatic carbocycles. The van der Waals surface area contributed by atoms with Crippen LogP contribution in [0.4, 0.5) is 5.82 Å². The highest BCUT2D eigenvalue weighted by Crippen LogP contribution is 2.34. The van der Waals surface area contributed by atoms with E-state index in [-0.39, 0.29) is 6.04 Å². The molecule has 0 unspecified atom stereocenters. The molecule has 6 heterocycles. The number of aryl methyl sites for hydroxylation is 2. The fourth-order valence-corrected chi connectivity index (χ4v) is 4.95. The summed E-state index contributed by atoms with van der Waals surface area (Å²) in [6, 6.07) is 8.49. The van der Waals surface area contributed by atoms with E-state index in [0.717, 1.165) is 63.2 Å². The third-order valence-electron chi connectivity index (χ3n) is 6.66. The Labute approximate surface area is 203 Å². The number of aromatic amines is 1. The maximum absolute atomic E-state index is 5.69. The minimum absolute atomic E-state index is 0.228. The fraction of sp³-hybridized carbons (Fsp3) is 0.308. The van der Waals surface area contributed by atoms with Crippen molar-refractivity contribution in [3.63, 3.8) is 0 Å². The van der Waals surface area contributed by atoms with Crippen LogP contribution in [0.15, 0.2) is 49.1 Å². The first-order valence-corrected chi connectivity index (χ1v) is 11.9. The van der Waals surface area contributed by atoms with E-state index in [1.807, 2.05) is 60.0 Å². The van der Waals surface area contributed by atoms with Gasteiger partial charge in [-0.15, -0.1) is 0 Å². The second-order valence-corrected chi connectivity index (χ2v) is 9.17. The Hall–Kier alpha value is -3.98. The second-order valence-electron chi connectivity index (χ2n) is 9.17. The van der Waals surface area contributed by atoms with Gasteiger partial charge in [0.05, 0.1) is 65.7 Å². The predicted molar refractivity (Wildman–Crippen MR) is 135 cm³/mol. The number of morpholine rings is 1. The molecule has 1 aliphatic heterocycles. The fourth-order valence-electron chi connectivity index (χ4n) is 4.95. The summed E-state index contributed by atoms with van der Waals surface area (Å²) in [7, 11) is 0. The van der Waals surface area contributed by atoms with Gasteiger partial charge in [0.15, 0.2) is 5.65 Å². The number of aromatic nitrogens is 7. The van der Waals surface area contributed by atoms with Gasteiger partial charge in [-0.2, -0.15) is 10.2 Å². The summed E-state index contributed by atoms with van der Waals surface area (Å²) in [6.45, 7) is 10.5. The summed E-state index contributed by atoms with van der Waals surface area (Å²) in [5.41, 5.74) is 8.75. The lowest BCUT2D eigenvalue weighted by molar-refractivity contribution is 0.0985. The van der Waals surface area contributed by atoms with Gasteiger partial charge in [-0.3, -0.25) is 4.98 Å². The van der Waals surface area contributed by atoms with E-state index in [0.29, 0.717) is 13.2 Å². The molecule has 1 saturated heterocycles. The Bertz CT molecular complexity index is 1510. The van der Waals surface area contributed by atoms with Gasteiger partial charge in [0.25, 0.3) is 0 Å². The van der Waals surface area contributed by atoms with Crippen molar-refractivity contribution in [3.05, 3.63) is 66.0 Å². The van der Waals surface area contributed by atoms with Crippen molar-refractivity contribution in [2.45, 2.75) is 33.7 Å². The summed E-state index contributed by atoms with van der Waals surface area (Å²) in [5, 5.41) is 9.67. The van der Waals surface area contributed by atoms with E-state index >= 15 is 0 Å². The Morgan fingerprint density at radius 3 is 2.77 bits per heavy atom. The standard InChI is InChI=1S/C26H28N8O/c1-16-10-20(13-27-12-16)33-19(4)25(18(3)31-33)23-11-24(32-8-9-35-15-17(32)2)30-26-21(14-29-34(23)26)22-6-5-7-28-22/h5-7,10-14,17,28H,8-9,15H2,1-4H3/t17-/m1/s1. The maximum atomic E-state index is 5.69. The molecule has 1 aliphatic rings. The average molecular weight is 469 g/mol. The van der Waals surface area contributed by atoms with E-state index in [1.165, 1.54) is 0 Å². The third-order valence-corrected chi connectivity index (χ3v) is 6.66. The van der Waals surface area contributed by atoms with Crippen molar-refractivity contribution in [1.82, 2.24) is 34.3 Å². The number of fused-ring (bicyclic) bond motifs is 1. The third kappa shape index (κ3) is 3.59. The first-order valence-electron chi connectivity index (χ1n) is 11.9. The lowest BCUT2D eigenvalue weighted by Crippen LogP contribution is -2.44. The van der Waals surface area contributed by atoms with Crippen LogP contribution in [0.2, 0.25) is 0 Å². The number of anilines is 1. The van der Waals surface area contributed by atoms with E-state index in [4.69, 9.17) is 19.9 Å². The van der Waals surface area contributed by atoms with Crippen LogP contribution in [0.1, 0.15) is 23.9 Å². The monoisotopic (exact) mass is 468 g/mol. The molecule has 9 heteroatoms. The Morgan fingerprint density at radius 2 is 2.00 bits per heavy atom. The number of pyridine rings is 1. The first kappa shape index (κ1) is 21.5. The predicted octanol–water partition coefficient (Wildman–Crippen LogP) is 4.12. The summed E-state index contributed by atoms with van der Waals surface area (Å²) in [5.74, 6) is 0.917. The van der Waals surface area contributed by atoms with Gasteiger partial charge in [0, 0.05) is 30.6 Å². The van der Waals surface area contributed by atoms with E-state index < -0.39 is 0 Å². The Morgan fingerprint density at radius 1 is 1.11 bits per heavy atom. The average Bonchev–Trinajstić information content (AvgIpc) is 3.58. The number of hydrogen-bond acceptors (Lipinski definition) is 6. The smallest absolute Gasteiger partial charge is 0.167 e. The molecule has 0 amide bonds. The van der Waals surface area contributed by atoms with Crippen LogP contribution in [0.3, 0.4) is 0 Å². The summed E-state index contributed by atoms with van der Waals surface area (Å²) in [4.78, 5) is 15.1. The molecule has 0 saturated carbocycles. The second kappa shape index (κ2) is 8.35. The van der Waals surface area contributed by atoms with E-state index in [9.17, 15) is 0 Å². The van der Waals surface area contributed by atoms with Crippen LogP contribution in [-0.2, 0) is 4.74 Å². The first-order chi connectivity index (χ1) is 17.0. The van der Waals surface area contributed by atoms with Crippen molar-refractivity contribution < 1.29 is 4.74 Å². The molecule has 0 bridgehead atoms. The van der Waals surface area contributed by atoms with Gasteiger partial charge >= 0.3 is 0 Å². The molecule has 0 aromatic carbocycles. The van der Waals surface area contributed by atoms with Crippen LogP contribution in [0, 0.1) is 20.8 Å². The highest BCUT2D eigenvalue weighted by Gasteiger charge is 2.26. The van der Waals surface area contributed by atoms with Crippen LogP contribution in [0.5, 0.6) is 0 Å². The number of ether oxygens (including phenoxy) is 1. The molecular weight excluding hydrogens is 440 g/mol. The van der Waals surface area contributed by atoms with Crippen LogP contribution >= 0.6 is 0 Å². The van der Waals surface area contributed by atoms with Crippen molar-refractivity contribution in [2.75, 3.05) is 24.7 Å². The summed E-state index contributed by atoms with van der Waals surface area (Å²) in [6.07, 6.45) is 7.49. The Balaban J connectivity index is 1.59. The minimum atomic E-state index is 0.228. The lowest BCUT2D eigenvalue weighted by atomic mass is 10.1. The minimum Gasteiger partial charge on any atom is -0.377 e. The van der Waals surface area contributed by atoms with Gasteiger partial charge < -0.3 is 14.6 Å². The van der Waals surface area contributed by atoms with Gasteiger partial charge in [-0.25, -0.2) is 14.2 Å². The Kier molecular flexibility index (Phi) is 5.14. The largest absolute Gasteiger partial charge is 0.377 e. The van der Waals surface area contributed by atoms with Crippen LogP contribution in [0.25, 0.3) is 33.8 Å². The topological polar surface area (TPSA) is 89.2 Å². The van der Waals surface area contributed by atoms with E-state index in [1.54, 1.807) is 0 Å². The molecule has 0 radical (unpaired) electrons. The summed E-state index contributed by atoms with van der Waals surface area (Å²) < 4.78 is 9.59. The number of hydrogen-bond donors (Lipinski definition) is 1. The van der Waals surface area contributed by atoms with E-state index in [2.05, 4.69) is 40.8 Å². The van der Waals surface area contributed by atoms with Crippen LogP contribution < -0.4 is 4.90 Å². The highest BCUT2D eigenvalue weighted by atomic mass is 16.5. The molecule has 6 rings (SSSR count). The molecule has 1 fully saturated rings. The molecular formula is C26H28N8O. The molecule has 5 aromatic heterocycles.